The SMILES string of the molecule is CCc1ccsc1C(O)CC1CC1. The molecule has 72 valence electrons. The van der Waals surface area contributed by atoms with Crippen LogP contribution in [0.2, 0.25) is 0 Å². The zero-order valence-electron chi connectivity index (χ0n) is 7.99. The summed E-state index contributed by atoms with van der Waals surface area (Å²) in [6.07, 6.45) is 4.48. The lowest BCUT2D eigenvalue weighted by Crippen LogP contribution is -1.98. The molecule has 0 amide bonds. The minimum absolute atomic E-state index is 0.192. The normalized spacial score (nSPS) is 18.9. The predicted molar refractivity (Wildman–Crippen MR) is 56.0 cm³/mol. The van der Waals surface area contributed by atoms with Crippen molar-refractivity contribution in [3.05, 3.63) is 21.9 Å². The molecule has 0 saturated heterocycles. The highest BCUT2D eigenvalue weighted by molar-refractivity contribution is 7.10. The minimum Gasteiger partial charge on any atom is -0.388 e. The molecular formula is C11H16OS. The summed E-state index contributed by atoms with van der Waals surface area (Å²) in [7, 11) is 0. The number of aliphatic hydroxyl groups is 1. The molecule has 0 radical (unpaired) electrons. The van der Waals surface area contributed by atoms with E-state index in [0.29, 0.717) is 0 Å². The van der Waals surface area contributed by atoms with Gasteiger partial charge in [-0.1, -0.05) is 19.8 Å². The topological polar surface area (TPSA) is 20.2 Å². The van der Waals surface area contributed by atoms with Crippen LogP contribution < -0.4 is 0 Å². The van der Waals surface area contributed by atoms with Crippen LogP contribution in [0.15, 0.2) is 11.4 Å². The fraction of sp³-hybridized carbons (Fsp3) is 0.636. The Hall–Kier alpha value is -0.340. The quantitative estimate of drug-likeness (QED) is 0.784. The monoisotopic (exact) mass is 196 g/mol. The Labute approximate surface area is 83.4 Å². The van der Waals surface area contributed by atoms with E-state index in [0.717, 1.165) is 18.8 Å². The molecule has 2 heteroatoms. The van der Waals surface area contributed by atoms with Crippen molar-refractivity contribution in [2.45, 2.75) is 38.7 Å². The first-order valence-electron chi connectivity index (χ1n) is 5.05. The highest BCUT2D eigenvalue weighted by Crippen LogP contribution is 2.39. The average molecular weight is 196 g/mol. The molecule has 1 saturated carbocycles. The highest BCUT2D eigenvalue weighted by Gasteiger charge is 2.26. The Kier molecular flexibility index (Phi) is 2.70. The number of rotatable bonds is 4. The van der Waals surface area contributed by atoms with E-state index in [-0.39, 0.29) is 6.10 Å². The number of aryl methyl sites for hydroxylation is 1. The summed E-state index contributed by atoms with van der Waals surface area (Å²) >= 11 is 1.70. The van der Waals surface area contributed by atoms with Gasteiger partial charge >= 0.3 is 0 Å². The lowest BCUT2D eigenvalue weighted by Gasteiger charge is -2.09. The van der Waals surface area contributed by atoms with Crippen LogP contribution in [-0.2, 0) is 6.42 Å². The van der Waals surface area contributed by atoms with Gasteiger partial charge in [0.2, 0.25) is 0 Å². The molecule has 2 rings (SSSR count). The second kappa shape index (κ2) is 3.81. The largest absolute Gasteiger partial charge is 0.388 e. The molecule has 0 bridgehead atoms. The fourth-order valence-electron chi connectivity index (χ4n) is 1.71. The lowest BCUT2D eigenvalue weighted by atomic mass is 10.1. The Bertz CT molecular complexity index is 275. The van der Waals surface area contributed by atoms with Crippen molar-refractivity contribution in [1.29, 1.82) is 0 Å². The summed E-state index contributed by atoms with van der Waals surface area (Å²) in [5, 5.41) is 12.0. The summed E-state index contributed by atoms with van der Waals surface area (Å²) in [6.45, 7) is 2.15. The van der Waals surface area contributed by atoms with Crippen LogP contribution in [-0.4, -0.2) is 5.11 Å². The van der Waals surface area contributed by atoms with Crippen LogP contribution in [0.5, 0.6) is 0 Å². The van der Waals surface area contributed by atoms with E-state index in [4.69, 9.17) is 0 Å². The van der Waals surface area contributed by atoms with Crippen molar-refractivity contribution in [1.82, 2.24) is 0 Å². The number of thiophene rings is 1. The van der Waals surface area contributed by atoms with E-state index in [2.05, 4.69) is 18.4 Å². The zero-order valence-corrected chi connectivity index (χ0v) is 8.81. The smallest absolute Gasteiger partial charge is 0.0887 e. The lowest BCUT2D eigenvalue weighted by molar-refractivity contribution is 0.163. The number of aliphatic hydroxyl groups excluding tert-OH is 1. The molecule has 1 aromatic rings. The van der Waals surface area contributed by atoms with E-state index in [1.54, 1.807) is 11.3 Å². The summed E-state index contributed by atoms with van der Waals surface area (Å²) in [5.74, 6) is 0.807. The van der Waals surface area contributed by atoms with E-state index in [1.807, 2.05) is 0 Å². The predicted octanol–water partition coefficient (Wildman–Crippen LogP) is 3.14. The van der Waals surface area contributed by atoms with Crippen LogP contribution in [0.3, 0.4) is 0 Å². The van der Waals surface area contributed by atoms with Crippen LogP contribution in [0.4, 0.5) is 0 Å². The fourth-order valence-corrected chi connectivity index (χ4v) is 2.70. The molecule has 0 spiro atoms. The van der Waals surface area contributed by atoms with Gasteiger partial charge in [-0.15, -0.1) is 11.3 Å². The third kappa shape index (κ3) is 2.12. The molecule has 1 aliphatic carbocycles. The molecule has 1 N–H and O–H groups in total. The second-order valence-electron chi connectivity index (χ2n) is 3.86. The molecule has 1 aromatic heterocycles. The summed E-state index contributed by atoms with van der Waals surface area (Å²) in [5.41, 5.74) is 1.33. The van der Waals surface area contributed by atoms with Crippen molar-refractivity contribution in [2.24, 2.45) is 5.92 Å². The maximum atomic E-state index is 9.94. The van der Waals surface area contributed by atoms with Gasteiger partial charge in [-0.05, 0) is 35.8 Å². The van der Waals surface area contributed by atoms with E-state index in [1.165, 1.54) is 23.3 Å². The Morgan fingerprint density at radius 1 is 1.62 bits per heavy atom. The average Bonchev–Trinajstić information content (AvgIpc) is 2.82. The van der Waals surface area contributed by atoms with Gasteiger partial charge in [-0.2, -0.15) is 0 Å². The first kappa shape index (κ1) is 9.22. The van der Waals surface area contributed by atoms with Crippen molar-refractivity contribution in [2.75, 3.05) is 0 Å². The molecule has 13 heavy (non-hydrogen) atoms. The Morgan fingerprint density at radius 2 is 2.38 bits per heavy atom. The van der Waals surface area contributed by atoms with Gasteiger partial charge < -0.3 is 5.11 Å². The van der Waals surface area contributed by atoms with Crippen LogP contribution in [0.25, 0.3) is 0 Å². The van der Waals surface area contributed by atoms with Crippen molar-refractivity contribution >= 4 is 11.3 Å². The number of hydrogen-bond acceptors (Lipinski definition) is 2. The zero-order chi connectivity index (χ0) is 9.26. The van der Waals surface area contributed by atoms with Gasteiger partial charge in [-0.25, -0.2) is 0 Å². The first-order chi connectivity index (χ1) is 6.31. The van der Waals surface area contributed by atoms with Crippen LogP contribution >= 0.6 is 11.3 Å². The Balaban J connectivity index is 2.04. The minimum atomic E-state index is -0.192. The molecular weight excluding hydrogens is 180 g/mol. The van der Waals surface area contributed by atoms with Gasteiger partial charge in [0.15, 0.2) is 0 Å². The third-order valence-corrected chi connectivity index (χ3v) is 3.78. The molecule has 1 heterocycles. The summed E-state index contributed by atoms with van der Waals surface area (Å²) < 4.78 is 0. The van der Waals surface area contributed by atoms with Gasteiger partial charge in [0.05, 0.1) is 6.10 Å². The molecule has 0 aliphatic heterocycles. The van der Waals surface area contributed by atoms with Crippen molar-refractivity contribution in [3.63, 3.8) is 0 Å². The third-order valence-electron chi connectivity index (χ3n) is 2.72. The van der Waals surface area contributed by atoms with Crippen LogP contribution in [0.1, 0.15) is 42.7 Å². The van der Waals surface area contributed by atoms with E-state index in [9.17, 15) is 5.11 Å². The molecule has 1 aliphatic rings. The van der Waals surface area contributed by atoms with Crippen LogP contribution in [0, 0.1) is 5.92 Å². The highest BCUT2D eigenvalue weighted by atomic mass is 32.1. The van der Waals surface area contributed by atoms with Gasteiger partial charge in [0.25, 0.3) is 0 Å². The standard InChI is InChI=1S/C11H16OS/c1-2-9-5-6-13-11(9)10(12)7-8-3-4-8/h5-6,8,10,12H,2-4,7H2,1H3. The van der Waals surface area contributed by atoms with Gasteiger partial charge in [0, 0.05) is 4.88 Å². The molecule has 1 nitrogen and oxygen atoms in total. The van der Waals surface area contributed by atoms with Crippen molar-refractivity contribution < 1.29 is 5.11 Å². The Morgan fingerprint density at radius 3 is 3.00 bits per heavy atom. The molecule has 1 atom stereocenters. The number of hydrogen-bond donors (Lipinski definition) is 1. The second-order valence-corrected chi connectivity index (χ2v) is 4.81. The van der Waals surface area contributed by atoms with Gasteiger partial charge in [-0.3, -0.25) is 0 Å². The van der Waals surface area contributed by atoms with Crippen molar-refractivity contribution in [3.8, 4) is 0 Å². The first-order valence-corrected chi connectivity index (χ1v) is 5.93. The van der Waals surface area contributed by atoms with Gasteiger partial charge in [0.1, 0.15) is 0 Å². The molecule has 1 unspecified atom stereocenters. The molecule has 0 aromatic carbocycles. The molecule has 1 fully saturated rings. The van der Waals surface area contributed by atoms with E-state index < -0.39 is 0 Å². The maximum Gasteiger partial charge on any atom is 0.0887 e. The summed E-state index contributed by atoms with van der Waals surface area (Å²) in [4.78, 5) is 1.20. The summed E-state index contributed by atoms with van der Waals surface area (Å²) in [6, 6.07) is 2.14. The maximum absolute atomic E-state index is 9.94. The van der Waals surface area contributed by atoms with E-state index >= 15 is 0 Å².